The van der Waals surface area contributed by atoms with Gasteiger partial charge in [0, 0.05) is 0 Å². The van der Waals surface area contributed by atoms with Crippen LogP contribution in [0.2, 0.25) is 0 Å². The van der Waals surface area contributed by atoms with Crippen LogP contribution in [-0.2, 0) is 6.54 Å². The summed E-state index contributed by atoms with van der Waals surface area (Å²) >= 11 is 0. The van der Waals surface area contributed by atoms with Gasteiger partial charge in [-0.3, -0.25) is 4.79 Å². The van der Waals surface area contributed by atoms with E-state index in [-0.39, 0.29) is 17.9 Å². The van der Waals surface area contributed by atoms with E-state index in [1.54, 1.807) is 23.0 Å². The van der Waals surface area contributed by atoms with Gasteiger partial charge in [0.05, 0.1) is 29.5 Å². The molecule has 0 atom stereocenters. The zero-order valence-electron chi connectivity index (χ0n) is 10.1. The second kappa shape index (κ2) is 4.65. The third-order valence-corrected chi connectivity index (χ3v) is 3.02. The lowest BCUT2D eigenvalue weighted by atomic mass is 10.1. The van der Waals surface area contributed by atoms with Crippen molar-refractivity contribution in [2.45, 2.75) is 6.54 Å². The average molecular weight is 254 g/mol. The minimum Gasteiger partial charge on any atom is -0.323 e. The van der Waals surface area contributed by atoms with Crippen molar-refractivity contribution in [3.8, 4) is 0 Å². The number of nitrogens with zero attached hydrogens (tertiary/aromatic N) is 2. The number of rotatable bonds is 3. The Balaban J connectivity index is 1.94. The van der Waals surface area contributed by atoms with Crippen molar-refractivity contribution in [3.05, 3.63) is 66.2 Å². The maximum absolute atomic E-state index is 13.5. The number of hydrogen-bond acceptors (Lipinski definition) is 2. The van der Waals surface area contributed by atoms with E-state index in [1.165, 1.54) is 12.1 Å². The highest BCUT2D eigenvalue weighted by atomic mass is 19.1. The predicted octanol–water partition coefficient (Wildman–Crippen LogP) is 3.06. The number of carbonyl (C=O) groups excluding carboxylic acids is 1. The van der Waals surface area contributed by atoms with Crippen LogP contribution in [0.15, 0.2) is 54.9 Å². The van der Waals surface area contributed by atoms with Crippen molar-refractivity contribution < 1.29 is 9.18 Å². The maximum atomic E-state index is 13.5. The van der Waals surface area contributed by atoms with Crippen molar-refractivity contribution in [1.29, 1.82) is 0 Å². The van der Waals surface area contributed by atoms with Crippen LogP contribution in [0.5, 0.6) is 0 Å². The number of benzene rings is 2. The molecule has 0 saturated carbocycles. The standard InChI is InChI=1S/C15H11FN2O/c16-12-6-2-1-5-11(12)15(19)9-18-10-17-13-7-3-4-8-14(13)18/h1-8,10H,9H2. The molecule has 1 aromatic heterocycles. The highest BCUT2D eigenvalue weighted by molar-refractivity contribution is 5.96. The number of halogens is 1. The summed E-state index contributed by atoms with van der Waals surface area (Å²) in [6, 6.07) is 13.5. The second-order valence-corrected chi connectivity index (χ2v) is 4.26. The van der Waals surface area contributed by atoms with Crippen LogP contribution in [0.4, 0.5) is 4.39 Å². The Morgan fingerprint density at radius 1 is 1.11 bits per heavy atom. The molecule has 19 heavy (non-hydrogen) atoms. The molecule has 94 valence electrons. The Kier molecular flexibility index (Phi) is 2.83. The summed E-state index contributed by atoms with van der Waals surface area (Å²) in [6.07, 6.45) is 1.60. The topological polar surface area (TPSA) is 34.9 Å². The fourth-order valence-corrected chi connectivity index (χ4v) is 2.06. The summed E-state index contributed by atoms with van der Waals surface area (Å²) in [5.41, 5.74) is 1.80. The van der Waals surface area contributed by atoms with E-state index in [0.29, 0.717) is 0 Å². The normalized spacial score (nSPS) is 10.8. The summed E-state index contributed by atoms with van der Waals surface area (Å²) in [5, 5.41) is 0. The Bertz CT molecular complexity index is 748. The van der Waals surface area contributed by atoms with Gasteiger partial charge in [0.15, 0.2) is 5.78 Å². The number of ketones is 1. The molecule has 0 spiro atoms. The van der Waals surface area contributed by atoms with E-state index in [9.17, 15) is 9.18 Å². The Morgan fingerprint density at radius 3 is 2.68 bits per heavy atom. The van der Waals surface area contributed by atoms with Gasteiger partial charge in [-0.1, -0.05) is 24.3 Å². The van der Waals surface area contributed by atoms with Crippen LogP contribution >= 0.6 is 0 Å². The van der Waals surface area contributed by atoms with Crippen LogP contribution < -0.4 is 0 Å². The van der Waals surface area contributed by atoms with Gasteiger partial charge in [-0.25, -0.2) is 9.37 Å². The molecule has 4 heteroatoms. The molecule has 3 nitrogen and oxygen atoms in total. The largest absolute Gasteiger partial charge is 0.323 e. The van der Waals surface area contributed by atoms with Crippen molar-refractivity contribution in [2.75, 3.05) is 0 Å². The molecule has 3 rings (SSSR count). The third kappa shape index (κ3) is 2.12. The van der Waals surface area contributed by atoms with Gasteiger partial charge in [0.2, 0.25) is 0 Å². The smallest absolute Gasteiger partial charge is 0.185 e. The minimum atomic E-state index is -0.489. The molecule has 3 aromatic rings. The first kappa shape index (κ1) is 11.6. The molecule has 0 aliphatic rings. The van der Waals surface area contributed by atoms with E-state index in [1.807, 2.05) is 24.3 Å². The number of hydrogen-bond donors (Lipinski definition) is 0. The summed E-state index contributed by atoms with van der Waals surface area (Å²) in [4.78, 5) is 16.3. The van der Waals surface area contributed by atoms with Crippen molar-refractivity contribution >= 4 is 16.8 Å². The molecule has 0 amide bonds. The summed E-state index contributed by atoms with van der Waals surface area (Å²) < 4.78 is 15.3. The van der Waals surface area contributed by atoms with E-state index < -0.39 is 5.82 Å². The van der Waals surface area contributed by atoms with E-state index >= 15 is 0 Å². The molecule has 0 aliphatic carbocycles. The highest BCUT2D eigenvalue weighted by Crippen LogP contribution is 2.14. The fraction of sp³-hybridized carbons (Fsp3) is 0.0667. The number of para-hydroxylation sites is 2. The lowest BCUT2D eigenvalue weighted by Crippen LogP contribution is -2.11. The molecule has 0 bridgehead atoms. The molecule has 0 unspecified atom stereocenters. The summed E-state index contributed by atoms with van der Waals surface area (Å²) in [7, 11) is 0. The quantitative estimate of drug-likeness (QED) is 0.673. The van der Waals surface area contributed by atoms with Gasteiger partial charge in [-0.2, -0.15) is 0 Å². The lowest BCUT2D eigenvalue weighted by Gasteiger charge is -2.04. The van der Waals surface area contributed by atoms with Gasteiger partial charge in [0.1, 0.15) is 5.82 Å². The van der Waals surface area contributed by atoms with Gasteiger partial charge >= 0.3 is 0 Å². The van der Waals surface area contributed by atoms with Crippen molar-refractivity contribution in [3.63, 3.8) is 0 Å². The Morgan fingerprint density at radius 2 is 1.84 bits per heavy atom. The molecule has 0 saturated heterocycles. The fourth-order valence-electron chi connectivity index (χ4n) is 2.06. The molecular weight excluding hydrogens is 243 g/mol. The van der Waals surface area contributed by atoms with Crippen molar-refractivity contribution in [1.82, 2.24) is 9.55 Å². The zero-order valence-corrected chi connectivity index (χ0v) is 10.1. The third-order valence-electron chi connectivity index (χ3n) is 3.02. The van der Waals surface area contributed by atoms with Crippen molar-refractivity contribution in [2.24, 2.45) is 0 Å². The number of aromatic nitrogens is 2. The van der Waals surface area contributed by atoms with E-state index in [2.05, 4.69) is 4.98 Å². The highest BCUT2D eigenvalue weighted by Gasteiger charge is 2.12. The van der Waals surface area contributed by atoms with Crippen LogP contribution in [0.3, 0.4) is 0 Å². The molecule has 0 radical (unpaired) electrons. The monoisotopic (exact) mass is 254 g/mol. The van der Waals surface area contributed by atoms with E-state index in [4.69, 9.17) is 0 Å². The number of carbonyl (C=O) groups is 1. The maximum Gasteiger partial charge on any atom is 0.185 e. The molecule has 0 fully saturated rings. The van der Waals surface area contributed by atoms with Crippen LogP contribution in [0, 0.1) is 5.82 Å². The van der Waals surface area contributed by atoms with Gasteiger partial charge in [0.25, 0.3) is 0 Å². The van der Waals surface area contributed by atoms with Gasteiger partial charge < -0.3 is 4.57 Å². The number of fused-ring (bicyclic) bond motifs is 1. The average Bonchev–Trinajstić information content (AvgIpc) is 2.83. The van der Waals surface area contributed by atoms with E-state index in [0.717, 1.165) is 11.0 Å². The summed E-state index contributed by atoms with van der Waals surface area (Å²) in [6.45, 7) is 0.0848. The van der Waals surface area contributed by atoms with Crippen LogP contribution in [0.1, 0.15) is 10.4 Å². The Hall–Kier alpha value is -2.49. The first-order valence-electron chi connectivity index (χ1n) is 5.93. The molecular formula is C15H11FN2O. The van der Waals surface area contributed by atoms with Gasteiger partial charge in [-0.05, 0) is 24.3 Å². The van der Waals surface area contributed by atoms with Crippen LogP contribution in [0.25, 0.3) is 11.0 Å². The first-order chi connectivity index (χ1) is 9.25. The second-order valence-electron chi connectivity index (χ2n) is 4.26. The molecule has 0 aliphatic heterocycles. The molecule has 1 heterocycles. The van der Waals surface area contributed by atoms with Crippen LogP contribution in [-0.4, -0.2) is 15.3 Å². The first-order valence-corrected chi connectivity index (χ1v) is 5.93. The molecule has 0 N–H and O–H groups in total. The predicted molar refractivity (Wildman–Crippen MR) is 70.5 cm³/mol. The molecule has 2 aromatic carbocycles. The number of Topliss-reactive ketones (excluding diaryl/α,β-unsaturated/α-hetero) is 1. The van der Waals surface area contributed by atoms with Gasteiger partial charge in [-0.15, -0.1) is 0 Å². The number of imidazole rings is 1. The Labute approximate surface area is 109 Å². The lowest BCUT2D eigenvalue weighted by molar-refractivity contribution is 0.0969. The SMILES string of the molecule is O=C(Cn1cnc2ccccc21)c1ccccc1F. The minimum absolute atomic E-state index is 0.0848. The summed E-state index contributed by atoms with van der Waals surface area (Å²) in [5.74, 6) is -0.752. The zero-order chi connectivity index (χ0) is 13.2.